The summed E-state index contributed by atoms with van der Waals surface area (Å²) in [5.41, 5.74) is 2.86. The van der Waals surface area contributed by atoms with Gasteiger partial charge in [0, 0.05) is 12.2 Å². The van der Waals surface area contributed by atoms with E-state index in [-0.39, 0.29) is 5.91 Å². The summed E-state index contributed by atoms with van der Waals surface area (Å²) in [6, 6.07) is 3.86. The molecule has 1 aromatic carbocycles. The molecule has 3 rings (SSSR count). The van der Waals surface area contributed by atoms with E-state index in [4.69, 9.17) is 11.6 Å². The number of hydrogen-bond acceptors (Lipinski definition) is 2. The number of carbonyl (C=O) groups excluding carboxylic acids is 1. The van der Waals surface area contributed by atoms with Gasteiger partial charge in [0.25, 0.3) is 0 Å². The van der Waals surface area contributed by atoms with E-state index in [1.54, 1.807) is 0 Å². The summed E-state index contributed by atoms with van der Waals surface area (Å²) in [5, 5.41) is 6.97. The Labute approximate surface area is 118 Å². The van der Waals surface area contributed by atoms with Crippen molar-refractivity contribution >= 4 is 28.9 Å². The summed E-state index contributed by atoms with van der Waals surface area (Å²) in [6.07, 6.45) is 7.17. The van der Waals surface area contributed by atoms with Crippen LogP contribution in [0.1, 0.15) is 37.7 Å². The first kappa shape index (κ1) is 12.8. The standard InChI is InChI=1S/C15H19ClN2O/c16-12-8-13-11(7-15(19)18-13)6-14(12)17-9-10-4-2-1-3-5-10/h6,8,10,17H,1-5,7,9H2,(H,18,19). The Kier molecular flexibility index (Phi) is 3.65. The predicted octanol–water partition coefficient (Wildman–Crippen LogP) is 3.83. The zero-order valence-corrected chi connectivity index (χ0v) is 11.7. The van der Waals surface area contributed by atoms with Crippen LogP contribution in [-0.2, 0) is 11.2 Å². The van der Waals surface area contributed by atoms with Crippen molar-refractivity contribution in [1.29, 1.82) is 0 Å². The van der Waals surface area contributed by atoms with Crippen molar-refractivity contribution in [3.05, 3.63) is 22.7 Å². The van der Waals surface area contributed by atoms with Crippen molar-refractivity contribution in [3.63, 3.8) is 0 Å². The normalized spacial score (nSPS) is 19.1. The van der Waals surface area contributed by atoms with Crippen LogP contribution >= 0.6 is 11.6 Å². The lowest BCUT2D eigenvalue weighted by molar-refractivity contribution is -0.115. The lowest BCUT2D eigenvalue weighted by Gasteiger charge is -2.22. The maximum absolute atomic E-state index is 11.4. The van der Waals surface area contributed by atoms with E-state index in [1.807, 2.05) is 12.1 Å². The highest BCUT2D eigenvalue weighted by Crippen LogP contribution is 2.33. The Bertz CT molecular complexity index is 495. The number of rotatable bonds is 3. The van der Waals surface area contributed by atoms with Gasteiger partial charge in [0.15, 0.2) is 0 Å². The second kappa shape index (κ2) is 5.41. The van der Waals surface area contributed by atoms with E-state index in [2.05, 4.69) is 10.6 Å². The number of nitrogens with one attached hydrogen (secondary N) is 2. The molecule has 19 heavy (non-hydrogen) atoms. The number of amides is 1. The van der Waals surface area contributed by atoms with E-state index >= 15 is 0 Å². The molecule has 1 amide bonds. The van der Waals surface area contributed by atoms with Gasteiger partial charge in [-0.25, -0.2) is 0 Å². The highest BCUT2D eigenvalue weighted by Gasteiger charge is 2.20. The highest BCUT2D eigenvalue weighted by atomic mass is 35.5. The van der Waals surface area contributed by atoms with Crippen LogP contribution in [0.2, 0.25) is 5.02 Å². The first-order valence-corrected chi connectivity index (χ1v) is 7.46. The van der Waals surface area contributed by atoms with E-state index in [9.17, 15) is 4.79 Å². The third-order valence-corrected chi connectivity index (χ3v) is 4.44. The SMILES string of the molecule is O=C1Cc2cc(NCC3CCCCC3)c(Cl)cc2N1. The van der Waals surface area contributed by atoms with E-state index < -0.39 is 0 Å². The molecule has 0 unspecified atom stereocenters. The molecular weight excluding hydrogens is 260 g/mol. The molecule has 0 atom stereocenters. The number of hydrogen-bond donors (Lipinski definition) is 2. The molecule has 2 aliphatic rings. The molecule has 2 N–H and O–H groups in total. The Hall–Kier alpha value is -1.22. The van der Waals surface area contributed by atoms with Crippen LogP contribution in [0, 0.1) is 5.92 Å². The average Bonchev–Trinajstić information content (AvgIpc) is 2.76. The van der Waals surface area contributed by atoms with Crippen molar-refractivity contribution in [1.82, 2.24) is 0 Å². The molecule has 3 nitrogen and oxygen atoms in total. The van der Waals surface area contributed by atoms with Gasteiger partial charge in [-0.15, -0.1) is 0 Å². The van der Waals surface area contributed by atoms with Gasteiger partial charge >= 0.3 is 0 Å². The number of fused-ring (bicyclic) bond motifs is 1. The van der Waals surface area contributed by atoms with Gasteiger partial charge in [0.2, 0.25) is 5.91 Å². The van der Waals surface area contributed by atoms with E-state index in [0.717, 1.165) is 29.4 Å². The van der Waals surface area contributed by atoms with Crippen molar-refractivity contribution < 1.29 is 4.79 Å². The van der Waals surface area contributed by atoms with E-state index in [1.165, 1.54) is 32.1 Å². The van der Waals surface area contributed by atoms with Crippen molar-refractivity contribution in [2.24, 2.45) is 5.92 Å². The van der Waals surface area contributed by atoms with Crippen LogP contribution in [0.15, 0.2) is 12.1 Å². The fourth-order valence-electron chi connectivity index (χ4n) is 3.03. The predicted molar refractivity (Wildman–Crippen MR) is 78.9 cm³/mol. The lowest BCUT2D eigenvalue weighted by atomic mass is 9.89. The summed E-state index contributed by atoms with van der Waals surface area (Å²) < 4.78 is 0. The van der Waals surface area contributed by atoms with Crippen LogP contribution in [0.3, 0.4) is 0 Å². The maximum atomic E-state index is 11.4. The quantitative estimate of drug-likeness (QED) is 0.882. The largest absolute Gasteiger partial charge is 0.384 e. The van der Waals surface area contributed by atoms with Gasteiger partial charge < -0.3 is 10.6 Å². The Balaban J connectivity index is 1.67. The molecule has 0 spiro atoms. The molecule has 0 saturated heterocycles. The van der Waals surface area contributed by atoms with Crippen LogP contribution < -0.4 is 10.6 Å². The molecular formula is C15H19ClN2O. The topological polar surface area (TPSA) is 41.1 Å². The van der Waals surface area contributed by atoms with Gasteiger partial charge in [-0.3, -0.25) is 4.79 Å². The van der Waals surface area contributed by atoms with Gasteiger partial charge in [0.1, 0.15) is 0 Å². The zero-order chi connectivity index (χ0) is 13.2. The molecule has 1 fully saturated rings. The summed E-state index contributed by atoms with van der Waals surface area (Å²) in [5.74, 6) is 0.813. The second-order valence-corrected chi connectivity index (χ2v) is 6.01. The Morgan fingerprint density at radius 2 is 2.05 bits per heavy atom. The number of carbonyl (C=O) groups is 1. The highest BCUT2D eigenvalue weighted by molar-refractivity contribution is 6.33. The summed E-state index contributed by atoms with van der Waals surface area (Å²) in [4.78, 5) is 11.4. The van der Waals surface area contributed by atoms with Gasteiger partial charge in [-0.05, 0) is 36.5 Å². The molecule has 1 heterocycles. The van der Waals surface area contributed by atoms with Crippen molar-refractivity contribution in [2.45, 2.75) is 38.5 Å². The van der Waals surface area contributed by atoms with Crippen molar-refractivity contribution in [3.8, 4) is 0 Å². The van der Waals surface area contributed by atoms with Crippen LogP contribution in [0.5, 0.6) is 0 Å². The molecule has 1 aliphatic heterocycles. The molecule has 0 bridgehead atoms. The van der Waals surface area contributed by atoms with E-state index in [0.29, 0.717) is 11.4 Å². The minimum absolute atomic E-state index is 0.0514. The smallest absolute Gasteiger partial charge is 0.228 e. The zero-order valence-electron chi connectivity index (χ0n) is 11.0. The first-order valence-electron chi connectivity index (χ1n) is 7.08. The van der Waals surface area contributed by atoms with Gasteiger partial charge in [-0.1, -0.05) is 30.9 Å². The molecule has 0 aromatic heterocycles. The molecule has 102 valence electrons. The summed E-state index contributed by atoms with van der Waals surface area (Å²) in [6.45, 7) is 0.986. The monoisotopic (exact) mass is 278 g/mol. The number of anilines is 2. The lowest BCUT2D eigenvalue weighted by Crippen LogP contribution is -2.17. The van der Waals surface area contributed by atoms with Crippen LogP contribution in [-0.4, -0.2) is 12.5 Å². The van der Waals surface area contributed by atoms with Crippen molar-refractivity contribution in [2.75, 3.05) is 17.2 Å². The molecule has 1 saturated carbocycles. The molecule has 4 heteroatoms. The first-order chi connectivity index (χ1) is 9.22. The number of benzene rings is 1. The molecule has 0 radical (unpaired) electrons. The Morgan fingerprint density at radius 1 is 1.26 bits per heavy atom. The third-order valence-electron chi connectivity index (χ3n) is 4.12. The second-order valence-electron chi connectivity index (χ2n) is 5.60. The molecule has 1 aromatic rings. The minimum Gasteiger partial charge on any atom is -0.384 e. The Morgan fingerprint density at radius 3 is 2.84 bits per heavy atom. The maximum Gasteiger partial charge on any atom is 0.228 e. The summed E-state index contributed by atoms with van der Waals surface area (Å²) >= 11 is 6.26. The fraction of sp³-hybridized carbons (Fsp3) is 0.533. The average molecular weight is 279 g/mol. The van der Waals surface area contributed by atoms with Crippen LogP contribution in [0.4, 0.5) is 11.4 Å². The summed E-state index contributed by atoms with van der Waals surface area (Å²) in [7, 11) is 0. The van der Waals surface area contributed by atoms with Gasteiger partial charge in [-0.2, -0.15) is 0 Å². The van der Waals surface area contributed by atoms with Crippen LogP contribution in [0.25, 0.3) is 0 Å². The molecule has 1 aliphatic carbocycles. The van der Waals surface area contributed by atoms with Gasteiger partial charge in [0.05, 0.1) is 17.1 Å². The third kappa shape index (κ3) is 2.86. The minimum atomic E-state index is 0.0514. The fourth-order valence-corrected chi connectivity index (χ4v) is 3.26. The number of halogens is 1.